The summed E-state index contributed by atoms with van der Waals surface area (Å²) in [5, 5.41) is 8.47. The summed E-state index contributed by atoms with van der Waals surface area (Å²) in [5.74, 6) is 0.713. The molecule has 1 aliphatic heterocycles. The predicted molar refractivity (Wildman–Crippen MR) is 123 cm³/mol. The molecule has 1 saturated carbocycles. The van der Waals surface area contributed by atoms with E-state index in [4.69, 9.17) is 0 Å². The van der Waals surface area contributed by atoms with E-state index < -0.39 is 0 Å². The molecule has 4 rings (SSSR count). The lowest BCUT2D eigenvalue weighted by Gasteiger charge is -2.29. The first-order valence-electron chi connectivity index (χ1n) is 11.2. The summed E-state index contributed by atoms with van der Waals surface area (Å²) in [6, 6.07) is 2.12. The van der Waals surface area contributed by atoms with Gasteiger partial charge in [0.05, 0.1) is 0 Å². The molecule has 1 aliphatic carbocycles. The maximum absolute atomic E-state index is 12.5. The smallest absolute Gasteiger partial charge is 0.253 e. The number of carbonyl (C=O) groups is 1. The molecule has 1 saturated heterocycles. The topological polar surface area (TPSA) is 78.5 Å². The van der Waals surface area contributed by atoms with Crippen molar-refractivity contribution >= 4 is 28.6 Å². The van der Waals surface area contributed by atoms with Crippen LogP contribution in [0.1, 0.15) is 49.0 Å². The molecule has 1 aromatic carbocycles. The number of amides is 1. The first-order valence-corrected chi connectivity index (χ1v) is 12.1. The second kappa shape index (κ2) is 9.33. The molecule has 0 radical (unpaired) electrons. The van der Waals surface area contributed by atoms with Crippen molar-refractivity contribution in [2.75, 3.05) is 36.4 Å². The van der Waals surface area contributed by atoms with Gasteiger partial charge in [-0.1, -0.05) is 0 Å². The van der Waals surface area contributed by atoms with Crippen LogP contribution < -0.4 is 26.4 Å². The number of hydrogen-bond acceptors (Lipinski definition) is 6. The SMILES string of the molecule is Cc1ccsc1CCNC(=O)C1CCC(CNc2c(N3CCCC3)c(=O)c2=O)CC1. The fraction of sp³-hybridized carbons (Fsp3) is 0.609. The van der Waals surface area contributed by atoms with E-state index in [1.54, 1.807) is 11.3 Å². The van der Waals surface area contributed by atoms with E-state index in [-0.39, 0.29) is 22.7 Å². The van der Waals surface area contributed by atoms with Crippen molar-refractivity contribution in [3.8, 4) is 0 Å². The van der Waals surface area contributed by atoms with Crippen LogP contribution in [0.5, 0.6) is 0 Å². The average Bonchev–Trinajstić information content (AvgIpc) is 3.42. The minimum absolute atomic E-state index is 0.0944. The highest BCUT2D eigenvalue weighted by Crippen LogP contribution is 2.30. The highest BCUT2D eigenvalue weighted by atomic mass is 32.1. The summed E-state index contributed by atoms with van der Waals surface area (Å²) in [6.45, 7) is 5.25. The van der Waals surface area contributed by atoms with Crippen LogP contribution in [0.2, 0.25) is 0 Å². The van der Waals surface area contributed by atoms with E-state index >= 15 is 0 Å². The Balaban J connectivity index is 1.19. The second-order valence-corrected chi connectivity index (χ2v) is 9.74. The summed E-state index contributed by atoms with van der Waals surface area (Å²) in [5.41, 5.74) is 1.72. The zero-order valence-corrected chi connectivity index (χ0v) is 18.5. The molecular formula is C23H31N3O3S. The highest BCUT2D eigenvalue weighted by molar-refractivity contribution is 7.10. The molecule has 2 aliphatic rings. The first kappa shape index (κ1) is 21.1. The Morgan fingerprint density at radius 3 is 2.53 bits per heavy atom. The van der Waals surface area contributed by atoms with E-state index in [9.17, 15) is 14.4 Å². The van der Waals surface area contributed by atoms with Crippen LogP contribution in [0.4, 0.5) is 11.4 Å². The van der Waals surface area contributed by atoms with Crippen molar-refractivity contribution < 1.29 is 4.79 Å². The maximum atomic E-state index is 12.5. The van der Waals surface area contributed by atoms with Gasteiger partial charge in [-0.05, 0) is 74.8 Å². The third-order valence-corrected chi connectivity index (χ3v) is 7.79. The van der Waals surface area contributed by atoms with E-state index in [0.29, 0.717) is 30.4 Å². The molecule has 0 atom stereocenters. The Morgan fingerprint density at radius 1 is 1.13 bits per heavy atom. The fourth-order valence-corrected chi connectivity index (χ4v) is 5.68. The molecule has 0 bridgehead atoms. The minimum atomic E-state index is -0.369. The Hall–Kier alpha value is -2.15. The number of aryl methyl sites for hydroxylation is 1. The van der Waals surface area contributed by atoms with Crippen LogP contribution >= 0.6 is 11.3 Å². The number of nitrogens with one attached hydrogen (secondary N) is 2. The van der Waals surface area contributed by atoms with Crippen molar-refractivity contribution in [3.63, 3.8) is 0 Å². The number of rotatable bonds is 8. The lowest BCUT2D eigenvalue weighted by molar-refractivity contribution is -0.126. The molecule has 1 amide bonds. The lowest BCUT2D eigenvalue weighted by Crippen LogP contribution is -2.42. The van der Waals surface area contributed by atoms with E-state index in [2.05, 4.69) is 29.0 Å². The Kier molecular flexibility index (Phi) is 6.56. The van der Waals surface area contributed by atoms with Gasteiger partial charge in [0.2, 0.25) is 5.91 Å². The van der Waals surface area contributed by atoms with E-state index in [1.807, 2.05) is 4.90 Å². The van der Waals surface area contributed by atoms with Gasteiger partial charge in [0, 0.05) is 37.0 Å². The maximum Gasteiger partial charge on any atom is 0.253 e. The lowest BCUT2D eigenvalue weighted by atomic mass is 9.81. The summed E-state index contributed by atoms with van der Waals surface area (Å²) in [7, 11) is 0. The molecule has 2 aromatic rings. The van der Waals surface area contributed by atoms with Gasteiger partial charge in [-0.3, -0.25) is 14.4 Å². The average molecular weight is 430 g/mol. The monoisotopic (exact) mass is 429 g/mol. The number of carbonyl (C=O) groups excluding carboxylic acids is 1. The third-order valence-electron chi connectivity index (χ3n) is 6.71. The van der Waals surface area contributed by atoms with Gasteiger partial charge in [0.25, 0.3) is 10.9 Å². The summed E-state index contributed by atoms with van der Waals surface area (Å²) in [4.78, 5) is 39.9. The summed E-state index contributed by atoms with van der Waals surface area (Å²) >= 11 is 1.75. The molecular weight excluding hydrogens is 398 g/mol. The summed E-state index contributed by atoms with van der Waals surface area (Å²) in [6.07, 6.45) is 6.79. The number of thiophene rings is 1. The zero-order chi connectivity index (χ0) is 21.1. The zero-order valence-electron chi connectivity index (χ0n) is 17.7. The van der Waals surface area contributed by atoms with Gasteiger partial charge in [0.1, 0.15) is 11.4 Å². The van der Waals surface area contributed by atoms with Gasteiger partial charge >= 0.3 is 0 Å². The number of hydrogen-bond donors (Lipinski definition) is 2. The van der Waals surface area contributed by atoms with E-state index in [0.717, 1.165) is 58.0 Å². The fourth-order valence-electron chi connectivity index (χ4n) is 4.77. The van der Waals surface area contributed by atoms with Crippen LogP contribution in [-0.4, -0.2) is 32.1 Å². The van der Waals surface area contributed by atoms with Crippen molar-refractivity contribution in [1.29, 1.82) is 0 Å². The van der Waals surface area contributed by atoms with Crippen molar-refractivity contribution in [1.82, 2.24) is 5.32 Å². The van der Waals surface area contributed by atoms with Gasteiger partial charge in [-0.15, -0.1) is 11.3 Å². The minimum Gasteiger partial charge on any atom is -0.380 e. The first-order chi connectivity index (χ1) is 14.5. The highest BCUT2D eigenvalue weighted by Gasteiger charge is 2.30. The molecule has 162 valence electrons. The molecule has 30 heavy (non-hydrogen) atoms. The van der Waals surface area contributed by atoms with Gasteiger partial charge in [-0.2, -0.15) is 0 Å². The van der Waals surface area contributed by atoms with Gasteiger partial charge < -0.3 is 15.5 Å². The Bertz CT molecular complexity index is 945. The largest absolute Gasteiger partial charge is 0.380 e. The van der Waals surface area contributed by atoms with Crippen LogP contribution in [0, 0.1) is 18.8 Å². The molecule has 6 nitrogen and oxygen atoms in total. The van der Waals surface area contributed by atoms with Gasteiger partial charge in [-0.25, -0.2) is 0 Å². The van der Waals surface area contributed by atoms with Crippen LogP contribution in [0.25, 0.3) is 0 Å². The molecule has 0 spiro atoms. The molecule has 2 heterocycles. The van der Waals surface area contributed by atoms with Crippen molar-refractivity contribution in [2.24, 2.45) is 11.8 Å². The molecule has 2 N–H and O–H groups in total. The predicted octanol–water partition coefficient (Wildman–Crippen LogP) is 2.83. The quantitative estimate of drug-likeness (QED) is 0.631. The van der Waals surface area contributed by atoms with Crippen LogP contribution in [0.3, 0.4) is 0 Å². The Morgan fingerprint density at radius 2 is 1.87 bits per heavy atom. The van der Waals surface area contributed by atoms with Crippen molar-refractivity contribution in [3.05, 3.63) is 42.3 Å². The Labute approximate surface area is 181 Å². The standard InChI is InChI=1S/C23H31N3O3S/c1-15-9-13-30-18(15)8-10-24-23(29)17-6-4-16(5-7-17)14-25-19-20(22(28)21(19)27)26-11-2-3-12-26/h9,13,16-17,25H,2-8,10-12,14H2,1H3,(H,24,29). The number of nitrogens with zero attached hydrogens (tertiary/aromatic N) is 1. The molecule has 0 unspecified atom stereocenters. The van der Waals surface area contributed by atoms with Gasteiger partial charge in [0.15, 0.2) is 0 Å². The third kappa shape index (κ3) is 4.46. The van der Waals surface area contributed by atoms with Crippen LogP contribution in [0.15, 0.2) is 21.0 Å². The molecule has 7 heteroatoms. The van der Waals surface area contributed by atoms with Crippen LogP contribution in [-0.2, 0) is 11.2 Å². The number of anilines is 2. The van der Waals surface area contributed by atoms with E-state index in [1.165, 1.54) is 10.4 Å². The molecule has 2 fully saturated rings. The molecule has 1 aromatic heterocycles. The second-order valence-electron chi connectivity index (χ2n) is 8.74. The summed E-state index contributed by atoms with van der Waals surface area (Å²) < 4.78 is 0. The normalized spacial score (nSPS) is 21.8. The van der Waals surface area contributed by atoms with Crippen molar-refractivity contribution in [2.45, 2.75) is 51.9 Å².